The number of amides is 4. The van der Waals surface area contributed by atoms with E-state index in [0.29, 0.717) is 25.2 Å². The summed E-state index contributed by atoms with van der Waals surface area (Å²) in [5.41, 5.74) is 7.61. The molecule has 2 rings (SSSR count). The van der Waals surface area contributed by atoms with Crippen molar-refractivity contribution in [2.24, 2.45) is 17.8 Å². The molecule has 1 aromatic carbocycles. The smallest absolute Gasteiger partial charge is 0.245 e. The Hall–Kier alpha value is -3.22. The van der Waals surface area contributed by atoms with Crippen LogP contribution in [0.5, 0.6) is 0 Å². The third kappa shape index (κ3) is 11.1. The predicted molar refractivity (Wildman–Crippen MR) is 198 cm³/mol. The second kappa shape index (κ2) is 20.0. The van der Waals surface area contributed by atoms with Crippen molar-refractivity contribution in [1.29, 1.82) is 0 Å². The lowest BCUT2D eigenvalue weighted by Crippen LogP contribution is -2.59. The van der Waals surface area contributed by atoms with Crippen molar-refractivity contribution in [3.05, 3.63) is 29.8 Å². The number of methoxy groups -OCH3 is 2. The summed E-state index contributed by atoms with van der Waals surface area (Å²) in [4.78, 5) is 61.7. The van der Waals surface area contributed by atoms with Gasteiger partial charge in [-0.3, -0.25) is 24.1 Å². The number of likely N-dealkylation sites (tertiary alicyclic amines) is 1. The number of likely N-dealkylation sites (N-methyl/N-ethyl adjacent to an activating group) is 3. The average molecular weight is 703 g/mol. The highest BCUT2D eigenvalue weighted by atomic mass is 16.5. The minimum absolute atomic E-state index is 0.00781. The number of nitrogens with zero attached hydrogens (tertiary/aromatic N) is 4. The largest absolute Gasteiger partial charge is 0.399 e. The number of nitrogens with two attached hydrogens (primary N) is 1. The predicted octanol–water partition coefficient (Wildman–Crippen LogP) is 3.28. The summed E-state index contributed by atoms with van der Waals surface area (Å²) in [6.45, 7) is 12.7. The molecule has 1 aromatic rings. The van der Waals surface area contributed by atoms with E-state index in [9.17, 15) is 19.2 Å². The summed E-state index contributed by atoms with van der Waals surface area (Å²) in [5.74, 6) is -1.18. The second-order valence-electron chi connectivity index (χ2n) is 14.7. The van der Waals surface area contributed by atoms with Crippen LogP contribution in [0.4, 0.5) is 5.69 Å². The van der Waals surface area contributed by atoms with Crippen LogP contribution in [0.2, 0.25) is 0 Å². The van der Waals surface area contributed by atoms with Crippen molar-refractivity contribution in [2.75, 3.05) is 61.2 Å². The van der Waals surface area contributed by atoms with E-state index in [4.69, 9.17) is 15.2 Å². The summed E-state index contributed by atoms with van der Waals surface area (Å²) >= 11 is 0. The first-order valence-electron chi connectivity index (χ1n) is 18.2. The Morgan fingerprint density at radius 3 is 2.10 bits per heavy atom. The lowest BCUT2D eigenvalue weighted by molar-refractivity contribution is -0.149. The minimum atomic E-state index is -0.733. The monoisotopic (exact) mass is 703 g/mol. The standard InChI is InChI=1S/C38H66N6O6/c1-13-25(4)34(43(10)38(48)33(24(2)3)40-36(46)27(6)41(7)8)31(49-11)23-32(45)44-21-14-15-30(44)35(50-12)26(5)37(47)42(9)22-20-28-16-18-29(39)19-17-28/h16-19,24-27,30-31,33-35H,13-15,20-23,39H2,1-12H3,(H,40,46)/t25-,26+,27-,30-,31+,33-,34-,35+/m0/s1. The zero-order valence-electron chi connectivity index (χ0n) is 32.8. The van der Waals surface area contributed by atoms with E-state index >= 15 is 0 Å². The van der Waals surface area contributed by atoms with Crippen LogP contribution in [0.25, 0.3) is 0 Å². The molecular formula is C38H66N6O6. The van der Waals surface area contributed by atoms with E-state index in [2.05, 4.69) is 19.2 Å². The molecule has 0 spiro atoms. The molecule has 0 aliphatic carbocycles. The van der Waals surface area contributed by atoms with Gasteiger partial charge in [-0.15, -0.1) is 0 Å². The Bertz CT molecular complexity index is 1240. The Kier molecular flexibility index (Phi) is 17.2. The first-order valence-corrected chi connectivity index (χ1v) is 18.2. The van der Waals surface area contributed by atoms with Gasteiger partial charge in [-0.1, -0.05) is 53.2 Å². The van der Waals surface area contributed by atoms with Gasteiger partial charge < -0.3 is 35.2 Å². The number of ether oxygens (including phenoxy) is 2. The normalized spacial score (nSPS) is 19.0. The van der Waals surface area contributed by atoms with Gasteiger partial charge in [0.25, 0.3) is 0 Å². The summed E-state index contributed by atoms with van der Waals surface area (Å²) in [6, 6.07) is 5.84. The minimum Gasteiger partial charge on any atom is -0.399 e. The summed E-state index contributed by atoms with van der Waals surface area (Å²) < 4.78 is 12.0. The van der Waals surface area contributed by atoms with Crippen LogP contribution >= 0.6 is 0 Å². The number of benzene rings is 1. The van der Waals surface area contributed by atoms with Crippen molar-refractivity contribution in [3.63, 3.8) is 0 Å². The van der Waals surface area contributed by atoms with E-state index in [-0.39, 0.29) is 47.9 Å². The average Bonchev–Trinajstić information content (AvgIpc) is 3.58. The Morgan fingerprint density at radius 2 is 1.58 bits per heavy atom. The van der Waals surface area contributed by atoms with E-state index in [1.807, 2.05) is 64.0 Å². The molecule has 1 heterocycles. The highest BCUT2D eigenvalue weighted by Gasteiger charge is 2.43. The van der Waals surface area contributed by atoms with Gasteiger partial charge in [-0.2, -0.15) is 0 Å². The van der Waals surface area contributed by atoms with Crippen LogP contribution in [-0.4, -0.2) is 135 Å². The number of nitrogen functional groups attached to an aromatic ring is 1. The molecular weight excluding hydrogens is 636 g/mol. The van der Waals surface area contributed by atoms with Crippen LogP contribution in [0.15, 0.2) is 24.3 Å². The van der Waals surface area contributed by atoms with Crippen molar-refractivity contribution in [2.45, 2.75) is 110 Å². The molecule has 12 nitrogen and oxygen atoms in total. The molecule has 1 fully saturated rings. The van der Waals surface area contributed by atoms with Crippen molar-refractivity contribution < 1.29 is 28.7 Å². The number of anilines is 1. The van der Waals surface area contributed by atoms with E-state index in [1.165, 1.54) is 0 Å². The van der Waals surface area contributed by atoms with Crippen LogP contribution < -0.4 is 11.1 Å². The third-order valence-corrected chi connectivity index (χ3v) is 10.7. The zero-order chi connectivity index (χ0) is 37.9. The fourth-order valence-corrected chi connectivity index (χ4v) is 6.98. The molecule has 0 radical (unpaired) electrons. The molecule has 50 heavy (non-hydrogen) atoms. The number of carbonyl (C=O) groups is 4. The molecule has 1 saturated heterocycles. The van der Waals surface area contributed by atoms with E-state index in [0.717, 1.165) is 24.8 Å². The Labute approximate surface area is 301 Å². The number of rotatable bonds is 19. The molecule has 284 valence electrons. The lowest BCUT2D eigenvalue weighted by Gasteiger charge is -2.41. The van der Waals surface area contributed by atoms with Crippen LogP contribution in [0.1, 0.15) is 72.8 Å². The number of nitrogens with one attached hydrogen (secondary N) is 1. The van der Waals surface area contributed by atoms with Crippen molar-refractivity contribution in [3.8, 4) is 0 Å². The van der Waals surface area contributed by atoms with E-state index < -0.39 is 36.3 Å². The molecule has 1 aliphatic heterocycles. The lowest BCUT2D eigenvalue weighted by atomic mass is 9.89. The first kappa shape index (κ1) is 42.9. The summed E-state index contributed by atoms with van der Waals surface area (Å²) in [5, 5.41) is 2.97. The Morgan fingerprint density at radius 1 is 0.960 bits per heavy atom. The van der Waals surface area contributed by atoms with Gasteiger partial charge in [0.2, 0.25) is 23.6 Å². The van der Waals surface area contributed by atoms with Crippen LogP contribution in [0.3, 0.4) is 0 Å². The molecule has 4 amide bonds. The maximum absolute atomic E-state index is 14.1. The molecule has 1 aliphatic rings. The van der Waals surface area contributed by atoms with E-state index in [1.54, 1.807) is 49.9 Å². The SMILES string of the molecule is CC[C@H](C)[C@@H]([C@@H](CC(=O)N1CCC[C@H]1[C@H](OC)[C@@H](C)C(=O)N(C)CCc1ccc(N)cc1)OC)N(C)C(=O)[C@@H](NC(=O)[C@H](C)N(C)C)C(C)C. The van der Waals surface area contributed by atoms with Gasteiger partial charge >= 0.3 is 0 Å². The zero-order valence-corrected chi connectivity index (χ0v) is 32.8. The van der Waals surface area contributed by atoms with Gasteiger partial charge in [0.05, 0.1) is 42.7 Å². The molecule has 0 aromatic heterocycles. The summed E-state index contributed by atoms with van der Waals surface area (Å²) in [6.07, 6.45) is 1.98. The van der Waals surface area contributed by atoms with Crippen LogP contribution in [0, 0.1) is 17.8 Å². The molecule has 0 saturated carbocycles. The maximum atomic E-state index is 14.1. The van der Waals surface area contributed by atoms with Gasteiger partial charge in [-0.25, -0.2) is 0 Å². The molecule has 3 N–H and O–H groups in total. The topological polar surface area (TPSA) is 138 Å². The molecule has 12 heteroatoms. The quantitative estimate of drug-likeness (QED) is 0.210. The molecule has 8 atom stereocenters. The number of hydrogen-bond acceptors (Lipinski definition) is 8. The first-order chi connectivity index (χ1) is 23.5. The maximum Gasteiger partial charge on any atom is 0.245 e. The van der Waals surface area contributed by atoms with Crippen molar-refractivity contribution in [1.82, 2.24) is 24.9 Å². The number of hydrogen-bond donors (Lipinski definition) is 2. The van der Waals surface area contributed by atoms with Gasteiger partial charge in [0, 0.05) is 47.1 Å². The van der Waals surface area contributed by atoms with Gasteiger partial charge in [0.1, 0.15) is 6.04 Å². The van der Waals surface area contributed by atoms with Gasteiger partial charge in [-0.05, 0) is 69.8 Å². The summed E-state index contributed by atoms with van der Waals surface area (Å²) in [7, 11) is 10.4. The Balaban J connectivity index is 2.22. The van der Waals surface area contributed by atoms with Crippen molar-refractivity contribution >= 4 is 29.3 Å². The molecule has 0 bridgehead atoms. The van der Waals surface area contributed by atoms with Crippen LogP contribution in [-0.2, 0) is 35.1 Å². The number of carbonyl (C=O) groups excluding carboxylic acids is 4. The fraction of sp³-hybridized carbons (Fsp3) is 0.737. The highest BCUT2D eigenvalue weighted by molar-refractivity contribution is 5.90. The third-order valence-electron chi connectivity index (χ3n) is 10.7. The highest BCUT2D eigenvalue weighted by Crippen LogP contribution is 2.30. The van der Waals surface area contributed by atoms with Gasteiger partial charge in [0.15, 0.2) is 0 Å². The second-order valence-corrected chi connectivity index (χ2v) is 14.7. The fourth-order valence-electron chi connectivity index (χ4n) is 6.98. The molecule has 0 unspecified atom stereocenters.